The monoisotopic (exact) mass is 343 g/mol. The van der Waals surface area contributed by atoms with Crippen LogP contribution in [-0.4, -0.2) is 58.9 Å². The van der Waals surface area contributed by atoms with E-state index in [0.717, 1.165) is 38.0 Å². The minimum atomic E-state index is -0.653. The highest BCUT2D eigenvalue weighted by Crippen LogP contribution is 2.37. The van der Waals surface area contributed by atoms with Crippen molar-refractivity contribution in [2.75, 3.05) is 26.7 Å². The van der Waals surface area contributed by atoms with E-state index < -0.39 is 5.54 Å². The number of benzene rings is 1. The van der Waals surface area contributed by atoms with E-state index in [4.69, 9.17) is 0 Å². The predicted octanol–water partition coefficient (Wildman–Crippen LogP) is 2.96. The van der Waals surface area contributed by atoms with Gasteiger partial charge >= 0.3 is 6.03 Å². The van der Waals surface area contributed by atoms with Gasteiger partial charge in [0.25, 0.3) is 5.91 Å². The minimum absolute atomic E-state index is 0.0285. The van der Waals surface area contributed by atoms with Gasteiger partial charge in [-0.15, -0.1) is 0 Å². The standard InChI is InChI=1S/C20H29N3O2/c1-19(2,3)15-22-12-10-20(11-13-22)17(24)23(18(25)21(20)4)14-16-8-6-5-7-9-16/h5-9H,10-15H2,1-4H3. The molecule has 2 aliphatic rings. The molecule has 2 heterocycles. The zero-order chi connectivity index (χ0) is 18.2. The number of likely N-dealkylation sites (tertiary alicyclic amines) is 1. The molecular formula is C20H29N3O2. The highest BCUT2D eigenvalue weighted by molar-refractivity contribution is 6.06. The summed E-state index contributed by atoms with van der Waals surface area (Å²) in [7, 11) is 1.78. The van der Waals surface area contributed by atoms with Gasteiger partial charge < -0.3 is 9.80 Å². The molecule has 0 aromatic heterocycles. The summed E-state index contributed by atoms with van der Waals surface area (Å²) in [5, 5.41) is 0. The van der Waals surface area contributed by atoms with Crippen LogP contribution in [0.15, 0.2) is 30.3 Å². The molecule has 1 spiro atoms. The Morgan fingerprint density at radius 3 is 2.20 bits per heavy atom. The molecule has 0 bridgehead atoms. The Hall–Kier alpha value is -1.88. The van der Waals surface area contributed by atoms with Crippen LogP contribution in [0.2, 0.25) is 0 Å². The summed E-state index contributed by atoms with van der Waals surface area (Å²) in [6.45, 7) is 9.79. The first kappa shape index (κ1) is 17.9. The van der Waals surface area contributed by atoms with Crippen LogP contribution in [-0.2, 0) is 11.3 Å². The number of carbonyl (C=O) groups is 2. The Morgan fingerprint density at radius 2 is 1.64 bits per heavy atom. The molecular weight excluding hydrogens is 314 g/mol. The maximum atomic E-state index is 13.1. The Bertz CT molecular complexity index is 643. The fourth-order valence-corrected chi connectivity index (χ4v) is 4.05. The molecule has 0 atom stereocenters. The summed E-state index contributed by atoms with van der Waals surface area (Å²) in [4.78, 5) is 31.4. The van der Waals surface area contributed by atoms with Gasteiger partial charge in [-0.25, -0.2) is 4.79 Å². The molecule has 2 saturated heterocycles. The molecule has 0 unspecified atom stereocenters. The quantitative estimate of drug-likeness (QED) is 0.793. The molecule has 136 valence electrons. The highest BCUT2D eigenvalue weighted by atomic mass is 16.2. The van der Waals surface area contributed by atoms with E-state index in [0.29, 0.717) is 6.54 Å². The summed E-state index contributed by atoms with van der Waals surface area (Å²) in [6, 6.07) is 9.55. The van der Waals surface area contributed by atoms with Crippen molar-refractivity contribution in [3.8, 4) is 0 Å². The largest absolute Gasteiger partial charge is 0.327 e. The summed E-state index contributed by atoms with van der Waals surface area (Å²) in [5.41, 5.74) is 0.575. The van der Waals surface area contributed by atoms with Crippen molar-refractivity contribution >= 4 is 11.9 Å². The van der Waals surface area contributed by atoms with Crippen LogP contribution >= 0.6 is 0 Å². The van der Waals surface area contributed by atoms with Gasteiger partial charge in [0.05, 0.1) is 6.54 Å². The zero-order valence-electron chi connectivity index (χ0n) is 15.8. The lowest BCUT2D eigenvalue weighted by Gasteiger charge is -2.42. The molecule has 1 aromatic rings. The first-order chi connectivity index (χ1) is 11.7. The van der Waals surface area contributed by atoms with Crippen molar-refractivity contribution in [3.63, 3.8) is 0 Å². The number of carbonyl (C=O) groups excluding carboxylic acids is 2. The van der Waals surface area contributed by atoms with E-state index in [1.807, 2.05) is 30.3 Å². The number of nitrogens with zero attached hydrogens (tertiary/aromatic N) is 3. The van der Waals surface area contributed by atoms with Crippen molar-refractivity contribution in [2.45, 2.75) is 45.7 Å². The van der Waals surface area contributed by atoms with E-state index >= 15 is 0 Å². The number of likely N-dealkylation sites (N-methyl/N-ethyl adjacent to an activating group) is 1. The van der Waals surface area contributed by atoms with Gasteiger partial charge in [-0.2, -0.15) is 0 Å². The lowest BCUT2D eigenvalue weighted by Crippen LogP contribution is -2.56. The van der Waals surface area contributed by atoms with E-state index in [9.17, 15) is 9.59 Å². The molecule has 5 nitrogen and oxygen atoms in total. The zero-order valence-corrected chi connectivity index (χ0v) is 15.8. The molecule has 5 heteroatoms. The minimum Gasteiger partial charge on any atom is -0.312 e. The van der Waals surface area contributed by atoms with Gasteiger partial charge in [0.2, 0.25) is 0 Å². The summed E-state index contributed by atoms with van der Waals surface area (Å²) < 4.78 is 0. The molecule has 0 radical (unpaired) electrons. The van der Waals surface area contributed by atoms with Gasteiger partial charge in [-0.3, -0.25) is 9.69 Å². The molecule has 3 amide bonds. The van der Waals surface area contributed by atoms with Crippen molar-refractivity contribution in [2.24, 2.45) is 5.41 Å². The predicted molar refractivity (Wildman–Crippen MR) is 98.0 cm³/mol. The fraction of sp³-hybridized carbons (Fsp3) is 0.600. The number of urea groups is 1. The van der Waals surface area contributed by atoms with Crippen LogP contribution in [0, 0.1) is 5.41 Å². The van der Waals surface area contributed by atoms with Crippen LogP contribution < -0.4 is 0 Å². The number of hydrogen-bond acceptors (Lipinski definition) is 3. The molecule has 2 aliphatic heterocycles. The molecule has 25 heavy (non-hydrogen) atoms. The van der Waals surface area contributed by atoms with E-state index in [-0.39, 0.29) is 17.4 Å². The van der Waals surface area contributed by atoms with Gasteiger partial charge in [0.1, 0.15) is 5.54 Å². The van der Waals surface area contributed by atoms with Crippen LogP contribution in [0.5, 0.6) is 0 Å². The van der Waals surface area contributed by atoms with Crippen LogP contribution in [0.25, 0.3) is 0 Å². The van der Waals surface area contributed by atoms with Crippen molar-refractivity contribution in [1.29, 1.82) is 0 Å². The number of rotatable bonds is 3. The number of amides is 3. The fourth-order valence-electron chi connectivity index (χ4n) is 4.05. The van der Waals surface area contributed by atoms with Crippen molar-refractivity contribution in [1.82, 2.24) is 14.7 Å². The average molecular weight is 343 g/mol. The van der Waals surface area contributed by atoms with E-state index in [2.05, 4.69) is 25.7 Å². The van der Waals surface area contributed by atoms with Crippen LogP contribution in [0.3, 0.4) is 0 Å². The Labute approximate surface area is 150 Å². The second kappa shape index (κ2) is 6.45. The maximum absolute atomic E-state index is 13.1. The number of piperidine rings is 1. The Kier molecular flexibility index (Phi) is 4.62. The summed E-state index contributed by atoms with van der Waals surface area (Å²) in [6.07, 6.45) is 1.44. The lowest BCUT2D eigenvalue weighted by molar-refractivity contribution is -0.135. The Balaban J connectivity index is 1.73. The molecule has 2 fully saturated rings. The third-order valence-corrected chi connectivity index (χ3v) is 5.37. The number of imide groups is 1. The second-order valence-corrected chi connectivity index (χ2v) is 8.59. The number of hydrogen-bond donors (Lipinski definition) is 0. The van der Waals surface area contributed by atoms with Crippen LogP contribution in [0.1, 0.15) is 39.2 Å². The molecule has 0 saturated carbocycles. The van der Waals surface area contributed by atoms with Gasteiger partial charge in [-0.1, -0.05) is 51.1 Å². The van der Waals surface area contributed by atoms with Gasteiger partial charge in [0, 0.05) is 26.7 Å². The van der Waals surface area contributed by atoms with Gasteiger partial charge in [0.15, 0.2) is 0 Å². The lowest BCUT2D eigenvalue weighted by atomic mass is 9.85. The highest BCUT2D eigenvalue weighted by Gasteiger charge is 2.56. The SMILES string of the molecule is CN1C(=O)N(Cc2ccccc2)C(=O)C12CCN(CC(C)(C)C)CC2. The Morgan fingerprint density at radius 1 is 1.04 bits per heavy atom. The topological polar surface area (TPSA) is 43.9 Å². The maximum Gasteiger partial charge on any atom is 0.327 e. The summed E-state index contributed by atoms with van der Waals surface area (Å²) in [5.74, 6) is -0.0285. The summed E-state index contributed by atoms with van der Waals surface area (Å²) >= 11 is 0. The molecule has 0 aliphatic carbocycles. The molecule has 0 N–H and O–H groups in total. The third kappa shape index (κ3) is 3.43. The smallest absolute Gasteiger partial charge is 0.312 e. The van der Waals surface area contributed by atoms with Crippen LogP contribution in [0.4, 0.5) is 4.79 Å². The first-order valence-corrected chi connectivity index (χ1v) is 9.09. The van der Waals surface area contributed by atoms with E-state index in [1.54, 1.807) is 11.9 Å². The van der Waals surface area contributed by atoms with Crippen molar-refractivity contribution in [3.05, 3.63) is 35.9 Å². The van der Waals surface area contributed by atoms with Gasteiger partial charge in [-0.05, 0) is 23.8 Å². The third-order valence-electron chi connectivity index (χ3n) is 5.37. The molecule has 3 rings (SSSR count). The first-order valence-electron chi connectivity index (χ1n) is 9.09. The normalized spacial score (nSPS) is 21.4. The van der Waals surface area contributed by atoms with E-state index in [1.165, 1.54) is 4.90 Å². The molecule has 1 aromatic carbocycles. The average Bonchev–Trinajstić information content (AvgIpc) is 2.73. The van der Waals surface area contributed by atoms with Crippen molar-refractivity contribution < 1.29 is 9.59 Å². The second-order valence-electron chi connectivity index (χ2n) is 8.59.